The Morgan fingerprint density at radius 3 is 2.35 bits per heavy atom. The van der Waals surface area contributed by atoms with Crippen LogP contribution in [0, 0.1) is 0 Å². The molecule has 3 heteroatoms. The summed E-state index contributed by atoms with van der Waals surface area (Å²) in [7, 11) is 1.37. The zero-order chi connectivity index (χ0) is 12.3. The second kappa shape index (κ2) is 5.02. The molecule has 2 aromatic carbocycles. The monoisotopic (exact) mass is 246 g/mol. The highest BCUT2D eigenvalue weighted by Gasteiger charge is 2.05. The standard InChI is InChI=1S/C14H11ClO2/c1-17-14(16)11-7-5-10(6-8-11)12-3-2-4-13(15)9-12/h2-9H,1H3. The molecule has 0 atom stereocenters. The molecule has 86 valence electrons. The Bertz CT molecular complexity index is 532. The number of methoxy groups -OCH3 is 1. The molecule has 0 radical (unpaired) electrons. The predicted molar refractivity (Wildman–Crippen MR) is 68.2 cm³/mol. The third-order valence-corrected chi connectivity index (χ3v) is 2.70. The molecule has 2 rings (SSSR count). The van der Waals surface area contributed by atoms with E-state index in [-0.39, 0.29) is 5.97 Å². The number of hydrogen-bond acceptors (Lipinski definition) is 2. The van der Waals surface area contributed by atoms with E-state index < -0.39 is 0 Å². The number of hydrogen-bond donors (Lipinski definition) is 0. The van der Waals surface area contributed by atoms with Gasteiger partial charge in [-0.2, -0.15) is 0 Å². The van der Waals surface area contributed by atoms with Gasteiger partial charge in [-0.15, -0.1) is 0 Å². The quantitative estimate of drug-likeness (QED) is 0.754. The van der Waals surface area contributed by atoms with Gasteiger partial charge in [0.05, 0.1) is 12.7 Å². The van der Waals surface area contributed by atoms with Crippen molar-refractivity contribution in [2.24, 2.45) is 0 Å². The van der Waals surface area contributed by atoms with Crippen LogP contribution in [0.3, 0.4) is 0 Å². The summed E-state index contributed by atoms with van der Waals surface area (Å²) in [5, 5.41) is 0.694. The van der Waals surface area contributed by atoms with E-state index in [0.717, 1.165) is 11.1 Å². The summed E-state index contributed by atoms with van der Waals surface area (Å²) < 4.78 is 4.64. The molecule has 2 aromatic rings. The molecule has 0 fully saturated rings. The summed E-state index contributed by atoms with van der Waals surface area (Å²) >= 11 is 5.92. The molecule has 2 nitrogen and oxygen atoms in total. The maximum atomic E-state index is 11.3. The fourth-order valence-electron chi connectivity index (χ4n) is 1.58. The zero-order valence-electron chi connectivity index (χ0n) is 9.31. The van der Waals surface area contributed by atoms with Crippen molar-refractivity contribution in [3.05, 3.63) is 59.1 Å². The van der Waals surface area contributed by atoms with Crippen LogP contribution in [0.5, 0.6) is 0 Å². The minimum atomic E-state index is -0.331. The molecular weight excluding hydrogens is 236 g/mol. The average molecular weight is 247 g/mol. The third-order valence-electron chi connectivity index (χ3n) is 2.46. The number of carbonyl (C=O) groups is 1. The molecule has 0 aliphatic carbocycles. The summed E-state index contributed by atoms with van der Waals surface area (Å²) in [5.41, 5.74) is 2.58. The highest BCUT2D eigenvalue weighted by molar-refractivity contribution is 6.30. The van der Waals surface area contributed by atoms with E-state index in [1.54, 1.807) is 12.1 Å². The van der Waals surface area contributed by atoms with Crippen molar-refractivity contribution < 1.29 is 9.53 Å². The average Bonchev–Trinajstić information content (AvgIpc) is 2.38. The number of benzene rings is 2. The molecule has 0 aromatic heterocycles. The lowest BCUT2D eigenvalue weighted by molar-refractivity contribution is 0.0601. The van der Waals surface area contributed by atoms with E-state index >= 15 is 0 Å². The zero-order valence-corrected chi connectivity index (χ0v) is 10.1. The fourth-order valence-corrected chi connectivity index (χ4v) is 1.77. The van der Waals surface area contributed by atoms with Crippen LogP contribution < -0.4 is 0 Å². The van der Waals surface area contributed by atoms with Crippen molar-refractivity contribution in [1.29, 1.82) is 0 Å². The molecule has 0 aliphatic rings. The van der Waals surface area contributed by atoms with Crippen LogP contribution in [0.1, 0.15) is 10.4 Å². The topological polar surface area (TPSA) is 26.3 Å². The Hall–Kier alpha value is -1.80. The van der Waals surface area contributed by atoms with E-state index in [2.05, 4.69) is 4.74 Å². The van der Waals surface area contributed by atoms with Gasteiger partial charge >= 0.3 is 5.97 Å². The Morgan fingerprint density at radius 1 is 1.06 bits per heavy atom. The first-order chi connectivity index (χ1) is 8.20. The number of esters is 1. The molecule has 0 bridgehead atoms. The van der Waals surface area contributed by atoms with Gasteiger partial charge in [0.2, 0.25) is 0 Å². The van der Waals surface area contributed by atoms with E-state index in [4.69, 9.17) is 11.6 Å². The summed E-state index contributed by atoms with van der Waals surface area (Å²) in [6, 6.07) is 14.8. The summed E-state index contributed by atoms with van der Waals surface area (Å²) in [6.07, 6.45) is 0. The van der Waals surface area contributed by atoms with Gasteiger partial charge in [-0.3, -0.25) is 0 Å². The molecular formula is C14H11ClO2. The van der Waals surface area contributed by atoms with Crippen molar-refractivity contribution in [2.45, 2.75) is 0 Å². The number of rotatable bonds is 2. The lowest BCUT2D eigenvalue weighted by atomic mass is 10.0. The highest BCUT2D eigenvalue weighted by Crippen LogP contribution is 2.23. The van der Waals surface area contributed by atoms with Gasteiger partial charge in [0.1, 0.15) is 0 Å². The van der Waals surface area contributed by atoms with Crippen LogP contribution in [0.4, 0.5) is 0 Å². The Kier molecular flexibility index (Phi) is 3.45. The highest BCUT2D eigenvalue weighted by atomic mass is 35.5. The molecule has 0 unspecified atom stereocenters. The van der Waals surface area contributed by atoms with Gasteiger partial charge in [-0.25, -0.2) is 4.79 Å². The minimum absolute atomic E-state index is 0.331. The fraction of sp³-hybridized carbons (Fsp3) is 0.0714. The first-order valence-corrected chi connectivity index (χ1v) is 5.53. The number of carbonyl (C=O) groups excluding carboxylic acids is 1. The van der Waals surface area contributed by atoms with Gasteiger partial charge in [-0.1, -0.05) is 35.9 Å². The van der Waals surface area contributed by atoms with Crippen molar-refractivity contribution in [3.63, 3.8) is 0 Å². The van der Waals surface area contributed by atoms with E-state index in [1.165, 1.54) is 7.11 Å². The Morgan fingerprint density at radius 2 is 1.76 bits per heavy atom. The van der Waals surface area contributed by atoms with Crippen molar-refractivity contribution >= 4 is 17.6 Å². The van der Waals surface area contributed by atoms with Crippen LogP contribution >= 0.6 is 11.6 Å². The van der Waals surface area contributed by atoms with Crippen molar-refractivity contribution in [2.75, 3.05) is 7.11 Å². The van der Waals surface area contributed by atoms with Gasteiger partial charge in [0.15, 0.2) is 0 Å². The maximum absolute atomic E-state index is 11.3. The summed E-state index contributed by atoms with van der Waals surface area (Å²) in [6.45, 7) is 0. The second-order valence-corrected chi connectivity index (χ2v) is 4.02. The van der Waals surface area contributed by atoms with Crippen LogP contribution in [0.2, 0.25) is 5.02 Å². The Balaban J connectivity index is 2.32. The molecule has 0 heterocycles. The SMILES string of the molecule is COC(=O)c1ccc(-c2cccc(Cl)c2)cc1. The largest absolute Gasteiger partial charge is 0.465 e. The van der Waals surface area contributed by atoms with Crippen LogP contribution in [0.15, 0.2) is 48.5 Å². The molecule has 17 heavy (non-hydrogen) atoms. The molecule has 0 aliphatic heterocycles. The molecule has 0 amide bonds. The van der Waals surface area contributed by atoms with Crippen LogP contribution in [0.25, 0.3) is 11.1 Å². The van der Waals surface area contributed by atoms with Gasteiger partial charge < -0.3 is 4.74 Å². The van der Waals surface area contributed by atoms with Crippen molar-refractivity contribution in [3.8, 4) is 11.1 Å². The van der Waals surface area contributed by atoms with Gasteiger partial charge in [-0.05, 0) is 35.4 Å². The molecule has 0 saturated heterocycles. The molecule has 0 N–H and O–H groups in total. The number of halogens is 1. The lowest BCUT2D eigenvalue weighted by Gasteiger charge is -2.03. The lowest BCUT2D eigenvalue weighted by Crippen LogP contribution is -2.00. The normalized spacial score (nSPS) is 10.0. The Labute approximate surface area is 105 Å². The summed E-state index contributed by atoms with van der Waals surface area (Å²) in [4.78, 5) is 11.3. The first-order valence-electron chi connectivity index (χ1n) is 5.15. The van der Waals surface area contributed by atoms with Crippen LogP contribution in [-0.4, -0.2) is 13.1 Å². The van der Waals surface area contributed by atoms with Gasteiger partial charge in [0.25, 0.3) is 0 Å². The predicted octanol–water partition coefficient (Wildman–Crippen LogP) is 3.79. The smallest absolute Gasteiger partial charge is 0.337 e. The van der Waals surface area contributed by atoms with Crippen molar-refractivity contribution in [1.82, 2.24) is 0 Å². The maximum Gasteiger partial charge on any atom is 0.337 e. The second-order valence-electron chi connectivity index (χ2n) is 3.58. The molecule has 0 saturated carbocycles. The van der Waals surface area contributed by atoms with Gasteiger partial charge in [0, 0.05) is 5.02 Å². The van der Waals surface area contributed by atoms with E-state index in [0.29, 0.717) is 10.6 Å². The molecule has 0 spiro atoms. The summed E-state index contributed by atoms with van der Waals surface area (Å²) in [5.74, 6) is -0.331. The first kappa shape index (κ1) is 11.7. The minimum Gasteiger partial charge on any atom is -0.465 e. The van der Waals surface area contributed by atoms with Crippen LogP contribution in [-0.2, 0) is 4.74 Å². The van der Waals surface area contributed by atoms with E-state index in [1.807, 2.05) is 36.4 Å². The third kappa shape index (κ3) is 2.66. The number of ether oxygens (including phenoxy) is 1. The van der Waals surface area contributed by atoms with E-state index in [9.17, 15) is 4.79 Å².